The maximum Gasteiger partial charge on any atom is 0.238 e. The maximum atomic E-state index is 12.0. The van der Waals surface area contributed by atoms with Crippen LogP contribution in [0.3, 0.4) is 0 Å². The third-order valence-corrected chi connectivity index (χ3v) is 3.16. The lowest BCUT2D eigenvalue weighted by molar-refractivity contribution is -0.117. The highest BCUT2D eigenvalue weighted by Crippen LogP contribution is 2.14. The Balaban J connectivity index is 2.48. The smallest absolute Gasteiger partial charge is 0.238 e. The molecule has 0 aromatic heterocycles. The number of hydrogen-bond acceptors (Lipinski definition) is 4. The molecule has 3 N–H and O–H groups in total. The van der Waals surface area contributed by atoms with Gasteiger partial charge in [-0.2, -0.15) is 0 Å². The molecule has 0 spiro atoms. The molecule has 5 nitrogen and oxygen atoms in total. The summed E-state index contributed by atoms with van der Waals surface area (Å²) in [4.78, 5) is 14.1. The molecular formula is C15H25N3O2. The molecule has 5 heteroatoms. The molecule has 1 amide bonds. The number of rotatable bonds is 8. The van der Waals surface area contributed by atoms with Crippen LogP contribution in [-0.4, -0.2) is 44.1 Å². The molecule has 1 atom stereocenters. The Kier molecular flexibility index (Phi) is 7.04. The molecule has 1 aromatic carbocycles. The standard InChI is InChI=1S/C15H25N3O2/c1-4-18(10-12(2)9-16)11-15(19)17-13-5-7-14(20-3)8-6-13/h5-8,12H,4,9-11,16H2,1-3H3,(H,17,19). The largest absolute Gasteiger partial charge is 0.497 e. The van der Waals surface area contributed by atoms with Crippen molar-refractivity contribution < 1.29 is 9.53 Å². The van der Waals surface area contributed by atoms with Gasteiger partial charge in [0.05, 0.1) is 13.7 Å². The van der Waals surface area contributed by atoms with E-state index in [0.717, 1.165) is 24.5 Å². The molecule has 0 saturated heterocycles. The summed E-state index contributed by atoms with van der Waals surface area (Å²) in [7, 11) is 1.62. The maximum absolute atomic E-state index is 12.0. The SMILES string of the molecule is CCN(CC(=O)Nc1ccc(OC)cc1)CC(C)CN. The van der Waals surface area contributed by atoms with E-state index >= 15 is 0 Å². The van der Waals surface area contributed by atoms with Crippen LogP contribution in [0.15, 0.2) is 24.3 Å². The van der Waals surface area contributed by atoms with Crippen molar-refractivity contribution in [2.75, 3.05) is 38.6 Å². The molecule has 0 aliphatic heterocycles. The van der Waals surface area contributed by atoms with Gasteiger partial charge in [0.1, 0.15) is 5.75 Å². The van der Waals surface area contributed by atoms with E-state index < -0.39 is 0 Å². The lowest BCUT2D eigenvalue weighted by Crippen LogP contribution is -2.37. The number of benzene rings is 1. The molecule has 0 radical (unpaired) electrons. The van der Waals surface area contributed by atoms with E-state index in [1.54, 1.807) is 7.11 Å². The third kappa shape index (κ3) is 5.59. The Bertz CT molecular complexity index is 406. The zero-order valence-corrected chi connectivity index (χ0v) is 12.6. The molecule has 0 aliphatic carbocycles. The minimum absolute atomic E-state index is 0.0127. The number of ether oxygens (including phenoxy) is 1. The third-order valence-electron chi connectivity index (χ3n) is 3.16. The van der Waals surface area contributed by atoms with Crippen LogP contribution in [0.4, 0.5) is 5.69 Å². The Morgan fingerprint density at radius 3 is 2.55 bits per heavy atom. The molecule has 1 rings (SSSR count). The van der Waals surface area contributed by atoms with Crippen molar-refractivity contribution in [1.82, 2.24) is 4.90 Å². The lowest BCUT2D eigenvalue weighted by atomic mass is 10.1. The summed E-state index contributed by atoms with van der Waals surface area (Å²) in [5.41, 5.74) is 6.39. The number of amides is 1. The normalized spacial score (nSPS) is 12.2. The Labute approximate surface area is 121 Å². The Morgan fingerprint density at radius 1 is 1.40 bits per heavy atom. The summed E-state index contributed by atoms with van der Waals surface area (Å²) >= 11 is 0. The number of methoxy groups -OCH3 is 1. The quantitative estimate of drug-likeness (QED) is 0.757. The fourth-order valence-corrected chi connectivity index (χ4v) is 1.90. The first kappa shape index (κ1) is 16.5. The van der Waals surface area contributed by atoms with E-state index in [-0.39, 0.29) is 5.91 Å². The molecule has 112 valence electrons. The number of carbonyl (C=O) groups is 1. The van der Waals surface area contributed by atoms with Crippen molar-refractivity contribution in [2.45, 2.75) is 13.8 Å². The van der Waals surface area contributed by atoms with Crippen LogP contribution in [0.2, 0.25) is 0 Å². The van der Waals surface area contributed by atoms with Gasteiger partial charge >= 0.3 is 0 Å². The van der Waals surface area contributed by atoms with E-state index in [4.69, 9.17) is 10.5 Å². The summed E-state index contributed by atoms with van der Waals surface area (Å²) in [5, 5.41) is 2.88. The van der Waals surface area contributed by atoms with Gasteiger partial charge in [-0.15, -0.1) is 0 Å². The number of hydrogen-bond donors (Lipinski definition) is 2. The van der Waals surface area contributed by atoms with Crippen LogP contribution in [0, 0.1) is 5.92 Å². The van der Waals surface area contributed by atoms with Crippen molar-refractivity contribution >= 4 is 11.6 Å². The molecule has 0 saturated carbocycles. The van der Waals surface area contributed by atoms with E-state index in [1.807, 2.05) is 31.2 Å². The van der Waals surface area contributed by atoms with Gasteiger partial charge in [0.25, 0.3) is 0 Å². The van der Waals surface area contributed by atoms with Crippen molar-refractivity contribution in [3.63, 3.8) is 0 Å². The molecule has 1 unspecified atom stereocenters. The van der Waals surface area contributed by atoms with Crippen LogP contribution in [-0.2, 0) is 4.79 Å². The molecule has 0 fully saturated rings. The van der Waals surface area contributed by atoms with Gasteiger partial charge in [0, 0.05) is 12.2 Å². The van der Waals surface area contributed by atoms with Crippen molar-refractivity contribution in [3.8, 4) is 5.75 Å². The van der Waals surface area contributed by atoms with Crippen LogP contribution in [0.1, 0.15) is 13.8 Å². The second kappa shape index (κ2) is 8.55. The number of carbonyl (C=O) groups excluding carboxylic acids is 1. The Hall–Kier alpha value is -1.59. The van der Waals surface area contributed by atoms with Crippen molar-refractivity contribution in [3.05, 3.63) is 24.3 Å². The number of nitrogens with two attached hydrogens (primary N) is 1. The molecule has 0 aliphatic rings. The van der Waals surface area contributed by atoms with Gasteiger partial charge < -0.3 is 15.8 Å². The van der Waals surface area contributed by atoms with E-state index in [1.165, 1.54) is 0 Å². The molecule has 0 heterocycles. The van der Waals surface area contributed by atoms with Gasteiger partial charge in [0.15, 0.2) is 0 Å². The molecule has 0 bridgehead atoms. The topological polar surface area (TPSA) is 67.6 Å². The predicted octanol–water partition coefficient (Wildman–Crippen LogP) is 1.55. The molecule has 20 heavy (non-hydrogen) atoms. The minimum atomic E-state index is -0.0127. The summed E-state index contributed by atoms with van der Waals surface area (Å²) < 4.78 is 5.08. The zero-order chi connectivity index (χ0) is 15.0. The average molecular weight is 279 g/mol. The first-order valence-electron chi connectivity index (χ1n) is 6.95. The van der Waals surface area contributed by atoms with Crippen LogP contribution < -0.4 is 15.8 Å². The number of nitrogens with zero attached hydrogens (tertiary/aromatic N) is 1. The summed E-state index contributed by atoms with van der Waals surface area (Å²) in [6, 6.07) is 7.30. The average Bonchev–Trinajstić information content (AvgIpc) is 2.47. The molecule has 1 aromatic rings. The van der Waals surface area contributed by atoms with E-state index in [0.29, 0.717) is 19.0 Å². The first-order chi connectivity index (χ1) is 9.58. The number of anilines is 1. The van der Waals surface area contributed by atoms with Crippen molar-refractivity contribution in [2.24, 2.45) is 11.7 Å². The van der Waals surface area contributed by atoms with Crippen molar-refractivity contribution in [1.29, 1.82) is 0 Å². The fraction of sp³-hybridized carbons (Fsp3) is 0.533. The zero-order valence-electron chi connectivity index (χ0n) is 12.6. The van der Waals surface area contributed by atoms with Crippen LogP contribution >= 0.6 is 0 Å². The van der Waals surface area contributed by atoms with Gasteiger partial charge in [-0.25, -0.2) is 0 Å². The second-order valence-corrected chi connectivity index (χ2v) is 4.95. The number of nitrogens with one attached hydrogen (secondary N) is 1. The summed E-state index contributed by atoms with van der Waals surface area (Å²) in [5.74, 6) is 1.15. The highest BCUT2D eigenvalue weighted by Gasteiger charge is 2.12. The van der Waals surface area contributed by atoms with Crippen LogP contribution in [0.5, 0.6) is 5.75 Å². The minimum Gasteiger partial charge on any atom is -0.497 e. The lowest BCUT2D eigenvalue weighted by Gasteiger charge is -2.22. The highest BCUT2D eigenvalue weighted by atomic mass is 16.5. The highest BCUT2D eigenvalue weighted by molar-refractivity contribution is 5.92. The Morgan fingerprint density at radius 2 is 2.05 bits per heavy atom. The second-order valence-electron chi connectivity index (χ2n) is 4.95. The van der Waals surface area contributed by atoms with E-state index in [9.17, 15) is 4.79 Å². The molecular weight excluding hydrogens is 254 g/mol. The van der Waals surface area contributed by atoms with Gasteiger partial charge in [-0.3, -0.25) is 9.69 Å². The first-order valence-corrected chi connectivity index (χ1v) is 6.95. The van der Waals surface area contributed by atoms with E-state index in [2.05, 4.69) is 17.1 Å². The van der Waals surface area contributed by atoms with Gasteiger partial charge in [0.2, 0.25) is 5.91 Å². The monoisotopic (exact) mass is 279 g/mol. The van der Waals surface area contributed by atoms with Gasteiger partial charge in [-0.05, 0) is 43.3 Å². The van der Waals surface area contributed by atoms with Gasteiger partial charge in [-0.1, -0.05) is 13.8 Å². The van der Waals surface area contributed by atoms with Crippen LogP contribution in [0.25, 0.3) is 0 Å². The number of likely N-dealkylation sites (N-methyl/N-ethyl adjacent to an activating group) is 1. The fourth-order valence-electron chi connectivity index (χ4n) is 1.90. The predicted molar refractivity (Wildman–Crippen MR) is 82.0 cm³/mol. The summed E-state index contributed by atoms with van der Waals surface area (Å²) in [6.07, 6.45) is 0. The summed E-state index contributed by atoms with van der Waals surface area (Å²) in [6.45, 7) is 6.82.